The minimum Gasteiger partial charge on any atom is -0.377 e. The fourth-order valence-corrected chi connectivity index (χ4v) is 1.66. The summed E-state index contributed by atoms with van der Waals surface area (Å²) in [6, 6.07) is 3.72. The fourth-order valence-electron chi connectivity index (χ4n) is 1.66. The molecule has 0 bridgehead atoms. The van der Waals surface area contributed by atoms with E-state index in [1.54, 1.807) is 13.3 Å². The topological polar surface area (TPSA) is 84.9 Å². The minimum atomic E-state index is 0.376. The van der Waals surface area contributed by atoms with Gasteiger partial charge in [-0.1, -0.05) is 0 Å². The number of anilines is 2. The SMILES string of the molecule is CCNc1cc(NCc2ccncn2)nc(COC)n1. The second kappa shape index (κ2) is 7.34. The molecule has 0 fully saturated rings. The summed E-state index contributed by atoms with van der Waals surface area (Å²) in [5.74, 6) is 2.15. The van der Waals surface area contributed by atoms with E-state index in [-0.39, 0.29) is 0 Å². The van der Waals surface area contributed by atoms with Gasteiger partial charge in [-0.2, -0.15) is 0 Å². The lowest BCUT2D eigenvalue weighted by atomic mass is 10.4. The lowest BCUT2D eigenvalue weighted by molar-refractivity contribution is 0.178. The number of nitrogens with one attached hydrogen (secondary N) is 2. The number of ether oxygens (including phenoxy) is 1. The lowest BCUT2D eigenvalue weighted by Crippen LogP contribution is -2.09. The van der Waals surface area contributed by atoms with Gasteiger partial charge < -0.3 is 15.4 Å². The molecule has 0 atom stereocenters. The van der Waals surface area contributed by atoms with Crippen molar-refractivity contribution < 1.29 is 4.74 Å². The van der Waals surface area contributed by atoms with Crippen LogP contribution in [-0.4, -0.2) is 33.6 Å². The molecule has 0 saturated carbocycles. The molecule has 0 saturated heterocycles. The highest BCUT2D eigenvalue weighted by Crippen LogP contribution is 2.12. The molecule has 0 aromatic carbocycles. The van der Waals surface area contributed by atoms with Gasteiger partial charge in [-0.3, -0.25) is 0 Å². The first-order valence-corrected chi connectivity index (χ1v) is 6.41. The molecule has 2 rings (SSSR count). The van der Waals surface area contributed by atoms with Gasteiger partial charge in [0.2, 0.25) is 0 Å². The van der Waals surface area contributed by atoms with Gasteiger partial charge in [0.1, 0.15) is 24.6 Å². The van der Waals surface area contributed by atoms with Crippen LogP contribution in [0.1, 0.15) is 18.4 Å². The summed E-state index contributed by atoms with van der Waals surface area (Å²) in [7, 11) is 1.62. The first-order chi connectivity index (χ1) is 9.81. The lowest BCUT2D eigenvalue weighted by Gasteiger charge is -2.10. The Morgan fingerprint density at radius 1 is 1.20 bits per heavy atom. The minimum absolute atomic E-state index is 0.376. The third-order valence-corrected chi connectivity index (χ3v) is 2.50. The molecule has 2 aromatic rings. The Labute approximate surface area is 117 Å². The maximum atomic E-state index is 5.08. The summed E-state index contributed by atoms with van der Waals surface area (Å²) in [4.78, 5) is 16.8. The molecule has 0 aliphatic rings. The Morgan fingerprint density at radius 3 is 2.65 bits per heavy atom. The van der Waals surface area contributed by atoms with Crippen molar-refractivity contribution in [2.75, 3.05) is 24.3 Å². The summed E-state index contributed by atoms with van der Waals surface area (Å²) in [5.41, 5.74) is 0.900. The van der Waals surface area contributed by atoms with Crippen molar-refractivity contribution in [3.63, 3.8) is 0 Å². The average Bonchev–Trinajstić information content (AvgIpc) is 2.47. The van der Waals surface area contributed by atoms with E-state index in [2.05, 4.69) is 30.6 Å². The first kappa shape index (κ1) is 14.1. The number of aromatic nitrogens is 4. The van der Waals surface area contributed by atoms with E-state index in [1.807, 2.05) is 19.1 Å². The molecule has 0 radical (unpaired) electrons. The number of nitrogens with zero attached hydrogens (tertiary/aromatic N) is 4. The Bertz CT molecular complexity index is 509. The Hall–Kier alpha value is -2.28. The first-order valence-electron chi connectivity index (χ1n) is 6.41. The van der Waals surface area contributed by atoms with Crippen LogP contribution in [0.25, 0.3) is 0 Å². The zero-order chi connectivity index (χ0) is 14.2. The molecular weight excluding hydrogens is 256 g/mol. The van der Waals surface area contributed by atoms with Crippen LogP contribution in [0.3, 0.4) is 0 Å². The van der Waals surface area contributed by atoms with Crippen molar-refractivity contribution in [3.05, 3.63) is 36.2 Å². The van der Waals surface area contributed by atoms with E-state index < -0.39 is 0 Å². The van der Waals surface area contributed by atoms with Gasteiger partial charge in [0.25, 0.3) is 0 Å². The maximum absolute atomic E-state index is 5.08. The van der Waals surface area contributed by atoms with Crippen LogP contribution in [0.15, 0.2) is 24.7 Å². The molecule has 7 nitrogen and oxygen atoms in total. The second-order valence-corrected chi connectivity index (χ2v) is 4.07. The third-order valence-electron chi connectivity index (χ3n) is 2.50. The van der Waals surface area contributed by atoms with Crippen LogP contribution in [0.2, 0.25) is 0 Å². The van der Waals surface area contributed by atoms with Gasteiger partial charge in [-0.05, 0) is 13.0 Å². The zero-order valence-corrected chi connectivity index (χ0v) is 11.6. The van der Waals surface area contributed by atoms with Gasteiger partial charge >= 0.3 is 0 Å². The predicted molar refractivity (Wildman–Crippen MR) is 76.3 cm³/mol. The second-order valence-electron chi connectivity index (χ2n) is 4.07. The highest BCUT2D eigenvalue weighted by atomic mass is 16.5. The van der Waals surface area contributed by atoms with E-state index in [0.717, 1.165) is 23.9 Å². The van der Waals surface area contributed by atoms with Crippen LogP contribution in [-0.2, 0) is 17.9 Å². The molecule has 0 aliphatic heterocycles. The van der Waals surface area contributed by atoms with Crippen LogP contribution < -0.4 is 10.6 Å². The Balaban J connectivity index is 2.09. The van der Waals surface area contributed by atoms with Crippen molar-refractivity contribution in [2.45, 2.75) is 20.1 Å². The van der Waals surface area contributed by atoms with Gasteiger partial charge in [-0.25, -0.2) is 19.9 Å². The number of hydrogen-bond donors (Lipinski definition) is 2. The van der Waals surface area contributed by atoms with Crippen LogP contribution in [0.4, 0.5) is 11.6 Å². The average molecular weight is 274 g/mol. The Kier molecular flexibility index (Phi) is 5.19. The number of rotatable bonds is 7. The van der Waals surface area contributed by atoms with Crippen molar-refractivity contribution in [3.8, 4) is 0 Å². The molecule has 0 spiro atoms. The highest BCUT2D eigenvalue weighted by Gasteiger charge is 2.04. The van der Waals surface area contributed by atoms with E-state index in [9.17, 15) is 0 Å². The quantitative estimate of drug-likeness (QED) is 0.790. The van der Waals surface area contributed by atoms with Crippen molar-refractivity contribution in [1.82, 2.24) is 19.9 Å². The maximum Gasteiger partial charge on any atom is 0.158 e. The van der Waals surface area contributed by atoms with E-state index >= 15 is 0 Å². The van der Waals surface area contributed by atoms with Gasteiger partial charge in [0.05, 0.1) is 12.2 Å². The van der Waals surface area contributed by atoms with E-state index in [1.165, 1.54) is 6.33 Å². The summed E-state index contributed by atoms with van der Waals surface area (Å²) >= 11 is 0. The van der Waals surface area contributed by atoms with E-state index in [4.69, 9.17) is 4.74 Å². The third kappa shape index (κ3) is 4.13. The summed E-state index contributed by atoms with van der Waals surface area (Å²) in [6.07, 6.45) is 3.24. The predicted octanol–water partition coefficient (Wildman–Crippen LogP) is 1.46. The highest BCUT2D eigenvalue weighted by molar-refractivity contribution is 5.47. The monoisotopic (exact) mass is 274 g/mol. The molecule has 20 heavy (non-hydrogen) atoms. The molecule has 2 N–H and O–H groups in total. The molecular formula is C13H18N6O. The van der Waals surface area contributed by atoms with Crippen molar-refractivity contribution in [2.24, 2.45) is 0 Å². The van der Waals surface area contributed by atoms with Crippen LogP contribution in [0, 0.1) is 0 Å². The molecule has 106 valence electrons. The van der Waals surface area contributed by atoms with Gasteiger partial charge in [0, 0.05) is 25.9 Å². The molecule has 0 unspecified atom stereocenters. The smallest absolute Gasteiger partial charge is 0.158 e. The largest absolute Gasteiger partial charge is 0.377 e. The molecule has 7 heteroatoms. The van der Waals surface area contributed by atoms with Crippen molar-refractivity contribution >= 4 is 11.6 Å². The number of hydrogen-bond acceptors (Lipinski definition) is 7. The summed E-state index contributed by atoms with van der Waals surface area (Å²) < 4.78 is 5.08. The summed E-state index contributed by atoms with van der Waals surface area (Å²) in [5, 5.41) is 6.39. The summed E-state index contributed by atoms with van der Waals surface area (Å²) in [6.45, 7) is 3.78. The molecule has 2 heterocycles. The van der Waals surface area contributed by atoms with Crippen molar-refractivity contribution in [1.29, 1.82) is 0 Å². The van der Waals surface area contributed by atoms with Gasteiger partial charge in [0.15, 0.2) is 5.82 Å². The van der Waals surface area contributed by atoms with Gasteiger partial charge in [-0.15, -0.1) is 0 Å². The molecule has 2 aromatic heterocycles. The van der Waals surface area contributed by atoms with E-state index in [0.29, 0.717) is 19.0 Å². The zero-order valence-electron chi connectivity index (χ0n) is 11.6. The van der Waals surface area contributed by atoms with Crippen LogP contribution in [0.5, 0.6) is 0 Å². The van der Waals surface area contributed by atoms with Crippen LogP contribution >= 0.6 is 0 Å². The number of methoxy groups -OCH3 is 1. The normalized spacial score (nSPS) is 10.3. The fraction of sp³-hybridized carbons (Fsp3) is 0.385. The standard InChI is InChI=1S/C13H18N6O/c1-3-15-11-6-12(19-13(18-11)8-20-2)16-7-10-4-5-14-9-17-10/h4-6,9H,3,7-8H2,1-2H3,(H2,15,16,18,19). The molecule has 0 aliphatic carbocycles. The molecule has 0 amide bonds. The Morgan fingerprint density at radius 2 is 2.00 bits per heavy atom.